The molecule has 108 valence electrons. The smallest absolute Gasteiger partial charge is 0.133 e. The van der Waals surface area contributed by atoms with Crippen LogP contribution in [-0.2, 0) is 6.54 Å². The second kappa shape index (κ2) is 5.20. The third kappa shape index (κ3) is 2.61. The van der Waals surface area contributed by atoms with E-state index in [1.807, 2.05) is 43.0 Å². The number of amidine groups is 1. The van der Waals surface area contributed by atoms with Gasteiger partial charge < -0.3 is 9.64 Å². The first-order chi connectivity index (χ1) is 10.0. The van der Waals surface area contributed by atoms with Crippen LogP contribution in [0.15, 0.2) is 42.5 Å². The van der Waals surface area contributed by atoms with Crippen molar-refractivity contribution in [3.63, 3.8) is 0 Å². The van der Waals surface area contributed by atoms with E-state index < -0.39 is 0 Å². The molecule has 1 N–H and O–H groups in total. The Balaban J connectivity index is 1.84. The summed E-state index contributed by atoms with van der Waals surface area (Å²) in [7, 11) is 0. The maximum atomic E-state index is 13.3. The van der Waals surface area contributed by atoms with Crippen LogP contribution in [0.2, 0.25) is 0 Å². The zero-order valence-corrected chi connectivity index (χ0v) is 12.1. The third-order valence-corrected chi connectivity index (χ3v) is 3.45. The lowest BCUT2D eigenvalue weighted by Crippen LogP contribution is -2.22. The van der Waals surface area contributed by atoms with Crippen molar-refractivity contribution in [2.75, 3.05) is 4.90 Å². The lowest BCUT2D eigenvalue weighted by Gasteiger charge is -2.18. The highest BCUT2D eigenvalue weighted by Gasteiger charge is 2.25. The summed E-state index contributed by atoms with van der Waals surface area (Å²) < 4.78 is 18.9. The SMILES string of the molecule is CC(C)Oc1ccc(N2Cc3ccc(F)cc3C2=N)cc1. The van der Waals surface area contributed by atoms with E-state index in [0.29, 0.717) is 17.9 Å². The predicted octanol–water partition coefficient (Wildman–Crippen LogP) is 3.96. The molecule has 0 unspecified atom stereocenters. The van der Waals surface area contributed by atoms with Gasteiger partial charge in [0.15, 0.2) is 0 Å². The van der Waals surface area contributed by atoms with Crippen LogP contribution in [0, 0.1) is 11.2 Å². The summed E-state index contributed by atoms with van der Waals surface area (Å²) in [6.45, 7) is 4.56. The number of fused-ring (bicyclic) bond motifs is 1. The molecule has 1 aliphatic heterocycles. The van der Waals surface area contributed by atoms with Crippen molar-refractivity contribution in [2.24, 2.45) is 0 Å². The van der Waals surface area contributed by atoms with E-state index in [9.17, 15) is 4.39 Å². The number of nitrogens with zero attached hydrogens (tertiary/aromatic N) is 1. The normalized spacial score (nSPS) is 13.7. The molecule has 3 rings (SSSR count). The monoisotopic (exact) mass is 284 g/mol. The topological polar surface area (TPSA) is 36.3 Å². The zero-order valence-electron chi connectivity index (χ0n) is 12.1. The van der Waals surface area contributed by atoms with E-state index in [-0.39, 0.29) is 11.9 Å². The summed E-state index contributed by atoms with van der Waals surface area (Å²) in [5.41, 5.74) is 2.55. The molecule has 3 nitrogen and oxygen atoms in total. The van der Waals surface area contributed by atoms with Gasteiger partial charge >= 0.3 is 0 Å². The summed E-state index contributed by atoms with van der Waals surface area (Å²) in [5, 5.41) is 8.22. The molecule has 1 aliphatic rings. The molecular formula is C17H17FN2O. The molecule has 1 heterocycles. The lowest BCUT2D eigenvalue weighted by atomic mass is 10.1. The van der Waals surface area contributed by atoms with E-state index in [1.165, 1.54) is 12.1 Å². The Bertz CT molecular complexity index is 680. The van der Waals surface area contributed by atoms with Crippen molar-refractivity contribution in [3.05, 3.63) is 59.4 Å². The minimum atomic E-state index is -0.305. The van der Waals surface area contributed by atoms with Gasteiger partial charge in [0.25, 0.3) is 0 Å². The molecule has 0 saturated carbocycles. The van der Waals surface area contributed by atoms with Gasteiger partial charge in [-0.25, -0.2) is 4.39 Å². The summed E-state index contributed by atoms with van der Waals surface area (Å²) in [5.74, 6) is 0.839. The highest BCUT2D eigenvalue weighted by Crippen LogP contribution is 2.29. The molecule has 2 aromatic rings. The first-order valence-electron chi connectivity index (χ1n) is 6.96. The summed E-state index contributed by atoms with van der Waals surface area (Å²) in [6, 6.07) is 12.2. The van der Waals surface area contributed by atoms with Crippen LogP contribution in [-0.4, -0.2) is 11.9 Å². The van der Waals surface area contributed by atoms with Crippen LogP contribution in [0.1, 0.15) is 25.0 Å². The second-order valence-corrected chi connectivity index (χ2v) is 5.40. The first kappa shape index (κ1) is 13.6. The van der Waals surface area contributed by atoms with Gasteiger partial charge in [0, 0.05) is 11.3 Å². The molecule has 0 amide bonds. The van der Waals surface area contributed by atoms with Crippen LogP contribution >= 0.6 is 0 Å². The van der Waals surface area contributed by atoms with Gasteiger partial charge in [-0.2, -0.15) is 0 Å². The third-order valence-electron chi connectivity index (χ3n) is 3.45. The molecule has 2 aromatic carbocycles. The number of hydrogen-bond acceptors (Lipinski definition) is 2. The van der Waals surface area contributed by atoms with E-state index in [0.717, 1.165) is 17.0 Å². The maximum absolute atomic E-state index is 13.3. The van der Waals surface area contributed by atoms with Gasteiger partial charge in [-0.15, -0.1) is 0 Å². The van der Waals surface area contributed by atoms with Crippen molar-refractivity contribution in [1.82, 2.24) is 0 Å². The van der Waals surface area contributed by atoms with Crippen LogP contribution in [0.4, 0.5) is 10.1 Å². The fourth-order valence-electron chi connectivity index (χ4n) is 2.50. The lowest BCUT2D eigenvalue weighted by molar-refractivity contribution is 0.242. The van der Waals surface area contributed by atoms with Crippen molar-refractivity contribution in [3.8, 4) is 5.75 Å². The fraction of sp³-hybridized carbons (Fsp3) is 0.235. The standard InChI is InChI=1S/C17H17FN2O/c1-11(2)21-15-7-5-14(6-8-15)20-10-12-3-4-13(18)9-16(12)17(20)19/h3-9,11,19H,10H2,1-2H3. The van der Waals surface area contributed by atoms with E-state index >= 15 is 0 Å². The number of halogens is 1. The zero-order chi connectivity index (χ0) is 15.0. The summed E-state index contributed by atoms with van der Waals surface area (Å²) in [4.78, 5) is 1.86. The number of rotatable bonds is 3. The van der Waals surface area contributed by atoms with Gasteiger partial charge in [-0.3, -0.25) is 5.41 Å². The quantitative estimate of drug-likeness (QED) is 0.926. The van der Waals surface area contributed by atoms with Crippen molar-refractivity contribution < 1.29 is 9.13 Å². The molecule has 0 aliphatic carbocycles. The van der Waals surface area contributed by atoms with Gasteiger partial charge in [0.2, 0.25) is 0 Å². The summed E-state index contributed by atoms with van der Waals surface area (Å²) in [6.07, 6.45) is 0.133. The molecule has 0 aromatic heterocycles. The predicted molar refractivity (Wildman–Crippen MR) is 81.6 cm³/mol. The number of nitrogens with one attached hydrogen (secondary N) is 1. The van der Waals surface area contributed by atoms with Crippen LogP contribution in [0.3, 0.4) is 0 Å². The second-order valence-electron chi connectivity index (χ2n) is 5.40. The number of anilines is 1. The fourth-order valence-corrected chi connectivity index (χ4v) is 2.50. The Labute approximate surface area is 123 Å². The van der Waals surface area contributed by atoms with Gasteiger partial charge in [-0.05, 0) is 55.8 Å². The van der Waals surface area contributed by atoms with Gasteiger partial charge in [-0.1, -0.05) is 6.07 Å². The van der Waals surface area contributed by atoms with Crippen LogP contribution in [0.5, 0.6) is 5.75 Å². The van der Waals surface area contributed by atoms with Crippen molar-refractivity contribution >= 4 is 11.5 Å². The minimum absolute atomic E-state index is 0.133. The number of hydrogen-bond donors (Lipinski definition) is 1. The molecule has 0 atom stereocenters. The van der Waals surface area contributed by atoms with Gasteiger partial charge in [0.1, 0.15) is 17.4 Å². The summed E-state index contributed by atoms with van der Waals surface area (Å²) >= 11 is 0. The van der Waals surface area contributed by atoms with Crippen LogP contribution < -0.4 is 9.64 Å². The Hall–Kier alpha value is -2.36. The minimum Gasteiger partial charge on any atom is -0.491 e. The molecule has 21 heavy (non-hydrogen) atoms. The largest absolute Gasteiger partial charge is 0.491 e. The highest BCUT2D eigenvalue weighted by molar-refractivity contribution is 6.11. The van der Waals surface area contributed by atoms with Crippen molar-refractivity contribution in [2.45, 2.75) is 26.5 Å². The average Bonchev–Trinajstić information content (AvgIpc) is 2.76. The van der Waals surface area contributed by atoms with E-state index in [2.05, 4.69) is 0 Å². The number of ether oxygens (including phenoxy) is 1. The highest BCUT2D eigenvalue weighted by atomic mass is 19.1. The Morgan fingerprint density at radius 3 is 2.52 bits per heavy atom. The molecule has 0 fully saturated rings. The van der Waals surface area contributed by atoms with Gasteiger partial charge in [0.05, 0.1) is 12.6 Å². The first-order valence-corrected chi connectivity index (χ1v) is 6.96. The Kier molecular flexibility index (Phi) is 3.37. The molecule has 0 radical (unpaired) electrons. The van der Waals surface area contributed by atoms with Crippen LogP contribution in [0.25, 0.3) is 0 Å². The molecule has 0 saturated heterocycles. The molecule has 0 bridgehead atoms. The number of benzene rings is 2. The molecule has 4 heteroatoms. The van der Waals surface area contributed by atoms with Crippen molar-refractivity contribution in [1.29, 1.82) is 5.41 Å². The average molecular weight is 284 g/mol. The molecular weight excluding hydrogens is 267 g/mol. The Morgan fingerprint density at radius 2 is 1.86 bits per heavy atom. The van der Waals surface area contributed by atoms with E-state index in [4.69, 9.17) is 10.1 Å². The van der Waals surface area contributed by atoms with E-state index in [1.54, 1.807) is 6.07 Å². The molecule has 0 spiro atoms. The maximum Gasteiger partial charge on any atom is 0.133 e. The Morgan fingerprint density at radius 1 is 1.14 bits per heavy atom.